The minimum atomic E-state index is -0.0660. The van der Waals surface area contributed by atoms with E-state index in [1.807, 2.05) is 6.92 Å². The number of ketones is 1. The number of urea groups is 1. The number of amides is 2. The lowest BCUT2D eigenvalue weighted by atomic mass is 10.0. The van der Waals surface area contributed by atoms with Gasteiger partial charge in [-0.15, -0.1) is 0 Å². The highest BCUT2D eigenvalue weighted by atomic mass is 16.2. The number of hydrogen-bond donors (Lipinski definition) is 0. The Morgan fingerprint density at radius 3 is 2.50 bits per heavy atom. The van der Waals surface area contributed by atoms with Crippen molar-refractivity contribution in [3.8, 4) is 0 Å². The lowest BCUT2D eigenvalue weighted by molar-refractivity contribution is -0.115. The van der Waals surface area contributed by atoms with Gasteiger partial charge >= 0.3 is 6.03 Å². The van der Waals surface area contributed by atoms with Crippen LogP contribution in [0.5, 0.6) is 0 Å². The molecule has 0 aromatic carbocycles. The van der Waals surface area contributed by atoms with Gasteiger partial charge < -0.3 is 9.80 Å². The maximum atomic E-state index is 11.7. The average molecular weight is 194 g/mol. The van der Waals surface area contributed by atoms with Crippen molar-refractivity contribution in [2.75, 3.05) is 14.1 Å². The van der Waals surface area contributed by atoms with Crippen molar-refractivity contribution in [2.24, 2.45) is 0 Å². The molecule has 1 unspecified atom stereocenters. The molecule has 0 saturated carbocycles. The van der Waals surface area contributed by atoms with E-state index in [0.29, 0.717) is 12.8 Å². The first-order valence-corrected chi connectivity index (χ1v) is 4.80. The Kier molecular flexibility index (Phi) is 1.87. The molecule has 2 rings (SSSR count). The molecule has 0 radical (unpaired) electrons. The van der Waals surface area contributed by atoms with E-state index in [0.717, 1.165) is 11.3 Å². The van der Waals surface area contributed by atoms with Gasteiger partial charge in [-0.3, -0.25) is 4.79 Å². The fourth-order valence-corrected chi connectivity index (χ4v) is 2.20. The SMILES string of the molecule is CC1C2=C(CCC2=O)N(C)C(=O)N1C. The Morgan fingerprint density at radius 1 is 1.21 bits per heavy atom. The zero-order valence-electron chi connectivity index (χ0n) is 8.70. The number of allylic oxidation sites excluding steroid dienone is 1. The summed E-state index contributed by atoms with van der Waals surface area (Å²) in [7, 11) is 3.47. The van der Waals surface area contributed by atoms with Crippen LogP contribution in [0.4, 0.5) is 4.79 Å². The Balaban J connectivity index is 2.49. The van der Waals surface area contributed by atoms with Crippen LogP contribution in [0.3, 0.4) is 0 Å². The standard InChI is InChI=1S/C10H14N2O2/c1-6-9-7(4-5-8(9)13)12(3)10(14)11(6)2/h6H,4-5H2,1-3H3. The molecule has 0 aromatic rings. The Labute approximate surface area is 83.2 Å². The van der Waals surface area contributed by atoms with Gasteiger partial charge in [0.25, 0.3) is 0 Å². The minimum Gasteiger partial charge on any atom is -0.320 e. The van der Waals surface area contributed by atoms with Crippen LogP contribution in [-0.2, 0) is 4.79 Å². The summed E-state index contributed by atoms with van der Waals surface area (Å²) in [6.45, 7) is 1.91. The maximum absolute atomic E-state index is 11.7. The predicted molar refractivity (Wildman–Crippen MR) is 51.7 cm³/mol. The van der Waals surface area contributed by atoms with Gasteiger partial charge in [-0.2, -0.15) is 0 Å². The molecule has 1 aliphatic carbocycles. The number of carbonyl (C=O) groups is 2. The summed E-state index contributed by atoms with van der Waals surface area (Å²) < 4.78 is 0. The Hall–Kier alpha value is -1.32. The minimum absolute atomic E-state index is 0.0223. The average Bonchev–Trinajstić information content (AvgIpc) is 2.54. The third kappa shape index (κ3) is 0.997. The smallest absolute Gasteiger partial charge is 0.320 e. The molecule has 14 heavy (non-hydrogen) atoms. The number of nitrogens with zero attached hydrogens (tertiary/aromatic N) is 2. The second kappa shape index (κ2) is 2.83. The molecule has 0 bridgehead atoms. The van der Waals surface area contributed by atoms with Crippen LogP contribution < -0.4 is 0 Å². The third-order valence-corrected chi connectivity index (χ3v) is 3.19. The fraction of sp³-hybridized carbons (Fsp3) is 0.600. The molecule has 1 heterocycles. The first kappa shape index (κ1) is 9.24. The molecule has 76 valence electrons. The van der Waals surface area contributed by atoms with Gasteiger partial charge in [-0.25, -0.2) is 4.79 Å². The highest BCUT2D eigenvalue weighted by Crippen LogP contribution is 2.33. The second-order valence-electron chi connectivity index (χ2n) is 3.91. The van der Waals surface area contributed by atoms with E-state index < -0.39 is 0 Å². The number of likely N-dealkylation sites (N-methyl/N-ethyl adjacent to an activating group) is 1. The Bertz CT molecular complexity index is 346. The molecule has 0 saturated heterocycles. The van der Waals surface area contributed by atoms with Gasteiger partial charge in [0.2, 0.25) is 0 Å². The van der Waals surface area contributed by atoms with Gasteiger partial charge in [-0.1, -0.05) is 0 Å². The maximum Gasteiger partial charge on any atom is 0.324 e. The van der Waals surface area contributed by atoms with Crippen molar-refractivity contribution >= 4 is 11.8 Å². The molecule has 1 aliphatic heterocycles. The molecule has 0 fully saturated rings. The number of rotatable bonds is 0. The summed E-state index contributed by atoms with van der Waals surface area (Å²) in [6, 6.07) is -0.0883. The van der Waals surface area contributed by atoms with Crippen molar-refractivity contribution in [3.05, 3.63) is 11.3 Å². The van der Waals surface area contributed by atoms with Crippen LogP contribution in [0.2, 0.25) is 0 Å². The summed E-state index contributed by atoms with van der Waals surface area (Å²) in [5.41, 5.74) is 1.75. The quantitative estimate of drug-likeness (QED) is 0.577. The van der Waals surface area contributed by atoms with Crippen LogP contribution >= 0.6 is 0 Å². The highest BCUT2D eigenvalue weighted by molar-refractivity contribution is 6.02. The summed E-state index contributed by atoms with van der Waals surface area (Å²) in [6.07, 6.45) is 1.27. The molecule has 0 N–H and O–H groups in total. The number of carbonyl (C=O) groups excluding carboxylic acids is 2. The van der Waals surface area contributed by atoms with Crippen molar-refractivity contribution in [2.45, 2.75) is 25.8 Å². The van der Waals surface area contributed by atoms with E-state index in [2.05, 4.69) is 0 Å². The normalized spacial score (nSPS) is 27.5. The van der Waals surface area contributed by atoms with E-state index in [1.54, 1.807) is 23.9 Å². The summed E-state index contributed by atoms with van der Waals surface area (Å²) in [5, 5.41) is 0. The fourth-order valence-electron chi connectivity index (χ4n) is 2.20. The van der Waals surface area contributed by atoms with Crippen molar-refractivity contribution in [1.29, 1.82) is 0 Å². The zero-order chi connectivity index (χ0) is 10.5. The van der Waals surface area contributed by atoms with Gasteiger partial charge in [0.1, 0.15) is 0 Å². The lowest BCUT2D eigenvalue weighted by Gasteiger charge is -2.36. The van der Waals surface area contributed by atoms with Gasteiger partial charge in [0.05, 0.1) is 6.04 Å². The summed E-state index contributed by atoms with van der Waals surface area (Å²) in [5.74, 6) is 0.193. The van der Waals surface area contributed by atoms with E-state index in [-0.39, 0.29) is 17.9 Å². The largest absolute Gasteiger partial charge is 0.324 e. The summed E-state index contributed by atoms with van der Waals surface area (Å²) in [4.78, 5) is 26.5. The van der Waals surface area contributed by atoms with Crippen molar-refractivity contribution < 1.29 is 9.59 Å². The topological polar surface area (TPSA) is 40.6 Å². The zero-order valence-corrected chi connectivity index (χ0v) is 8.70. The molecule has 4 heteroatoms. The van der Waals surface area contributed by atoms with Crippen LogP contribution in [0, 0.1) is 0 Å². The molecule has 4 nitrogen and oxygen atoms in total. The lowest BCUT2D eigenvalue weighted by Crippen LogP contribution is -2.48. The third-order valence-electron chi connectivity index (χ3n) is 3.19. The molecule has 2 aliphatic rings. The molecule has 1 atom stereocenters. The van der Waals surface area contributed by atoms with Gasteiger partial charge in [-0.05, 0) is 13.3 Å². The van der Waals surface area contributed by atoms with E-state index in [4.69, 9.17) is 0 Å². The van der Waals surface area contributed by atoms with Crippen LogP contribution in [0.25, 0.3) is 0 Å². The molecule has 0 aromatic heterocycles. The number of hydrogen-bond acceptors (Lipinski definition) is 2. The van der Waals surface area contributed by atoms with E-state index >= 15 is 0 Å². The van der Waals surface area contributed by atoms with Crippen LogP contribution in [-0.4, -0.2) is 41.8 Å². The monoisotopic (exact) mass is 194 g/mol. The Morgan fingerprint density at radius 2 is 1.86 bits per heavy atom. The number of Topliss-reactive ketones (excluding diaryl/α,β-unsaturated/α-hetero) is 1. The van der Waals surface area contributed by atoms with E-state index in [1.165, 1.54) is 0 Å². The summed E-state index contributed by atoms with van der Waals surface area (Å²) >= 11 is 0. The van der Waals surface area contributed by atoms with Crippen LogP contribution in [0.15, 0.2) is 11.3 Å². The van der Waals surface area contributed by atoms with Crippen LogP contribution in [0.1, 0.15) is 19.8 Å². The predicted octanol–water partition coefficient (Wildman–Crippen LogP) is 0.989. The molecular formula is C10H14N2O2. The second-order valence-corrected chi connectivity index (χ2v) is 3.91. The molecule has 2 amide bonds. The van der Waals surface area contributed by atoms with Gasteiger partial charge in [0.15, 0.2) is 5.78 Å². The molecule has 0 spiro atoms. The first-order valence-electron chi connectivity index (χ1n) is 4.80. The van der Waals surface area contributed by atoms with Gasteiger partial charge in [0, 0.05) is 31.8 Å². The highest BCUT2D eigenvalue weighted by Gasteiger charge is 2.39. The van der Waals surface area contributed by atoms with E-state index in [9.17, 15) is 9.59 Å². The molecular weight excluding hydrogens is 180 g/mol. The first-order chi connectivity index (χ1) is 6.54. The van der Waals surface area contributed by atoms with Crippen molar-refractivity contribution in [1.82, 2.24) is 9.80 Å². The van der Waals surface area contributed by atoms with Crippen molar-refractivity contribution in [3.63, 3.8) is 0 Å².